The van der Waals surface area contributed by atoms with Gasteiger partial charge in [-0.3, -0.25) is 0 Å². The van der Waals surface area contributed by atoms with Gasteiger partial charge in [0.15, 0.2) is 0 Å². The molecular formula is C17H17F19. The molecule has 36 heavy (non-hydrogen) atoms. The molecule has 0 fully saturated rings. The SMILES string of the molecule is CCC(C)(C(F)(F)CC(C)C)C(F)(F)C(F)(F)C(F)(F)C(F)(F)C(F)(F)C(F)(F)C(F)(F)C(F)(F)F. The maximum absolute atomic E-state index is 14.5. The molecule has 19 heteroatoms. The van der Waals surface area contributed by atoms with Gasteiger partial charge in [-0.1, -0.05) is 20.8 Å². The van der Waals surface area contributed by atoms with Crippen molar-refractivity contribution in [3.63, 3.8) is 0 Å². The Bertz CT molecular complexity index is 775. The lowest BCUT2D eigenvalue weighted by atomic mass is 9.68. The van der Waals surface area contributed by atoms with Crippen molar-refractivity contribution in [3.8, 4) is 0 Å². The third-order valence-electron chi connectivity index (χ3n) is 5.59. The average Bonchev–Trinajstić information content (AvgIpc) is 2.63. The standard InChI is InChI=1S/C17H17F19/c1-5-8(4,9(18,19)6-7(2)3)10(20,21)11(22,23)12(24,25)13(26,27)14(28,29)15(30,31)16(32,33)17(34,35)36/h7H,5-6H2,1-4H3. The first-order valence-electron chi connectivity index (χ1n) is 9.32. The van der Waals surface area contributed by atoms with Crippen LogP contribution in [0.1, 0.15) is 40.5 Å². The molecule has 0 spiro atoms. The molecule has 0 saturated heterocycles. The molecule has 218 valence electrons. The van der Waals surface area contributed by atoms with Crippen LogP contribution in [0.4, 0.5) is 83.4 Å². The second-order valence-corrected chi connectivity index (χ2v) is 8.51. The van der Waals surface area contributed by atoms with E-state index in [9.17, 15) is 83.4 Å². The second kappa shape index (κ2) is 8.86. The molecule has 0 saturated carbocycles. The molecule has 0 aliphatic carbocycles. The molecule has 0 bridgehead atoms. The van der Waals surface area contributed by atoms with E-state index in [-0.39, 0.29) is 6.92 Å². The van der Waals surface area contributed by atoms with Gasteiger partial charge in [0.25, 0.3) is 5.92 Å². The molecule has 0 aromatic heterocycles. The first-order chi connectivity index (χ1) is 15.2. The van der Waals surface area contributed by atoms with Gasteiger partial charge in [0, 0.05) is 6.42 Å². The minimum Gasteiger partial charge on any atom is -0.206 e. The third kappa shape index (κ3) is 4.26. The van der Waals surface area contributed by atoms with Crippen molar-refractivity contribution in [2.75, 3.05) is 0 Å². The predicted octanol–water partition coefficient (Wildman–Crippen LogP) is 9.09. The Balaban J connectivity index is 7.16. The Morgan fingerprint density at radius 2 is 0.694 bits per heavy atom. The summed E-state index contributed by atoms with van der Waals surface area (Å²) >= 11 is 0. The Kier molecular flexibility index (Phi) is 8.54. The van der Waals surface area contributed by atoms with Crippen molar-refractivity contribution < 1.29 is 83.4 Å². The third-order valence-corrected chi connectivity index (χ3v) is 5.59. The van der Waals surface area contributed by atoms with Crippen molar-refractivity contribution >= 4 is 0 Å². The van der Waals surface area contributed by atoms with E-state index in [0.717, 1.165) is 13.8 Å². The van der Waals surface area contributed by atoms with Gasteiger partial charge in [-0.05, 0) is 19.3 Å². The van der Waals surface area contributed by atoms with Crippen LogP contribution in [-0.2, 0) is 0 Å². The predicted molar refractivity (Wildman–Crippen MR) is 83.5 cm³/mol. The van der Waals surface area contributed by atoms with Gasteiger partial charge >= 0.3 is 47.6 Å². The van der Waals surface area contributed by atoms with Gasteiger partial charge in [-0.15, -0.1) is 0 Å². The maximum atomic E-state index is 14.5. The summed E-state index contributed by atoms with van der Waals surface area (Å²) < 4.78 is 257. The van der Waals surface area contributed by atoms with Crippen molar-refractivity contribution in [2.24, 2.45) is 11.3 Å². The molecule has 1 unspecified atom stereocenters. The van der Waals surface area contributed by atoms with Crippen molar-refractivity contribution in [1.29, 1.82) is 0 Å². The Morgan fingerprint density at radius 1 is 0.444 bits per heavy atom. The molecule has 0 aliphatic rings. The summed E-state index contributed by atoms with van der Waals surface area (Å²) in [5.74, 6) is -65.0. The molecule has 0 aliphatic heterocycles. The Labute approximate surface area is 190 Å². The van der Waals surface area contributed by atoms with Crippen LogP contribution in [0.15, 0.2) is 0 Å². The fourth-order valence-corrected chi connectivity index (χ4v) is 2.96. The summed E-state index contributed by atoms with van der Waals surface area (Å²) in [5, 5.41) is 0. The molecule has 0 radical (unpaired) electrons. The fraction of sp³-hybridized carbons (Fsp3) is 1.00. The van der Waals surface area contributed by atoms with Crippen LogP contribution >= 0.6 is 0 Å². The van der Waals surface area contributed by atoms with Crippen molar-refractivity contribution in [3.05, 3.63) is 0 Å². The van der Waals surface area contributed by atoms with Crippen molar-refractivity contribution in [1.82, 2.24) is 0 Å². The number of hydrogen-bond acceptors (Lipinski definition) is 0. The number of hydrogen-bond donors (Lipinski definition) is 0. The Morgan fingerprint density at radius 3 is 0.917 bits per heavy atom. The minimum atomic E-state index is -8.80. The zero-order valence-electron chi connectivity index (χ0n) is 18.2. The highest BCUT2D eigenvalue weighted by atomic mass is 19.4. The minimum absolute atomic E-state index is 0.223. The first-order valence-corrected chi connectivity index (χ1v) is 9.32. The summed E-state index contributed by atoms with van der Waals surface area (Å²) in [7, 11) is 0. The lowest BCUT2D eigenvalue weighted by molar-refractivity contribution is -0.469. The van der Waals surface area contributed by atoms with Gasteiger partial charge in [0.05, 0.1) is 0 Å². The quantitative estimate of drug-likeness (QED) is 0.213. The first kappa shape index (κ1) is 34.7. The highest BCUT2D eigenvalue weighted by molar-refractivity contribution is 5.18. The van der Waals surface area contributed by atoms with E-state index in [1.165, 1.54) is 0 Å². The number of alkyl halides is 19. The maximum Gasteiger partial charge on any atom is 0.460 e. The summed E-state index contributed by atoms with van der Waals surface area (Å²) in [6.45, 7) is 1.40. The normalized spacial score (nSPS) is 18.0. The van der Waals surface area contributed by atoms with Crippen LogP contribution < -0.4 is 0 Å². The lowest BCUT2D eigenvalue weighted by Gasteiger charge is -2.49. The summed E-state index contributed by atoms with van der Waals surface area (Å²) in [6.07, 6.45) is -11.6. The van der Waals surface area contributed by atoms with Gasteiger partial charge in [0.2, 0.25) is 0 Å². The topological polar surface area (TPSA) is 0 Å². The highest BCUT2D eigenvalue weighted by Crippen LogP contribution is 2.67. The van der Waals surface area contributed by atoms with Crippen LogP contribution in [0, 0.1) is 11.3 Å². The summed E-state index contributed by atoms with van der Waals surface area (Å²) in [5.41, 5.74) is -4.79. The molecular weight excluding hydrogens is 565 g/mol. The zero-order chi connectivity index (χ0) is 30.0. The van der Waals surface area contributed by atoms with E-state index in [2.05, 4.69) is 0 Å². The van der Waals surface area contributed by atoms with E-state index in [1.807, 2.05) is 0 Å². The molecule has 1 atom stereocenters. The molecule has 0 amide bonds. The molecule has 0 heterocycles. The van der Waals surface area contributed by atoms with Gasteiger partial charge in [0.1, 0.15) is 5.41 Å². The smallest absolute Gasteiger partial charge is 0.206 e. The van der Waals surface area contributed by atoms with E-state index in [1.54, 1.807) is 0 Å². The second-order valence-electron chi connectivity index (χ2n) is 8.51. The van der Waals surface area contributed by atoms with Gasteiger partial charge in [-0.25, -0.2) is 8.78 Å². The van der Waals surface area contributed by atoms with Crippen LogP contribution in [0.25, 0.3) is 0 Å². The molecule has 0 nitrogen and oxygen atoms in total. The molecule has 0 N–H and O–H groups in total. The summed E-state index contributed by atoms with van der Waals surface area (Å²) in [6, 6.07) is 0. The van der Waals surface area contributed by atoms with E-state index in [0.29, 0.717) is 0 Å². The van der Waals surface area contributed by atoms with Crippen LogP contribution in [0.5, 0.6) is 0 Å². The molecule has 0 aromatic carbocycles. The van der Waals surface area contributed by atoms with E-state index in [4.69, 9.17) is 0 Å². The average molecular weight is 582 g/mol. The summed E-state index contributed by atoms with van der Waals surface area (Å²) in [4.78, 5) is 0. The number of rotatable bonds is 11. The molecule has 0 rings (SSSR count). The van der Waals surface area contributed by atoms with E-state index < -0.39 is 84.7 Å². The van der Waals surface area contributed by atoms with Crippen LogP contribution in [-0.4, -0.2) is 53.6 Å². The van der Waals surface area contributed by atoms with Crippen LogP contribution in [0.2, 0.25) is 0 Å². The van der Waals surface area contributed by atoms with E-state index >= 15 is 0 Å². The zero-order valence-corrected chi connectivity index (χ0v) is 18.2. The lowest BCUT2D eigenvalue weighted by Crippen LogP contribution is -2.76. The largest absolute Gasteiger partial charge is 0.460 e. The van der Waals surface area contributed by atoms with Crippen molar-refractivity contribution in [2.45, 2.75) is 94.1 Å². The van der Waals surface area contributed by atoms with Gasteiger partial charge in [-0.2, -0.15) is 74.6 Å². The Hall–Kier alpha value is -1.33. The monoisotopic (exact) mass is 582 g/mol. The van der Waals surface area contributed by atoms with Crippen LogP contribution in [0.3, 0.4) is 0 Å². The fourth-order valence-electron chi connectivity index (χ4n) is 2.96. The number of halogens is 19. The highest BCUT2D eigenvalue weighted by Gasteiger charge is 2.96. The molecule has 0 aromatic rings. The van der Waals surface area contributed by atoms with Gasteiger partial charge < -0.3 is 0 Å².